The highest BCUT2D eigenvalue weighted by atomic mass is 32.2. The number of anilines is 2. The number of sulfonamides is 1. The van der Waals surface area contributed by atoms with Crippen LogP contribution in [0.3, 0.4) is 0 Å². The van der Waals surface area contributed by atoms with Gasteiger partial charge >= 0.3 is 6.03 Å². The molecule has 0 saturated carbocycles. The van der Waals surface area contributed by atoms with Gasteiger partial charge in [-0.2, -0.15) is 0 Å². The van der Waals surface area contributed by atoms with Gasteiger partial charge in [-0.1, -0.05) is 6.07 Å². The van der Waals surface area contributed by atoms with Crippen LogP contribution in [0.4, 0.5) is 20.6 Å². The van der Waals surface area contributed by atoms with Gasteiger partial charge < -0.3 is 15.4 Å². The number of hydrogen-bond acceptors (Lipinski definition) is 5. The Bertz CT molecular complexity index is 1120. The number of carbonyl (C=O) groups is 1. The fraction of sp³-hybridized carbons (Fsp3) is 0.100. The summed E-state index contributed by atoms with van der Waals surface area (Å²) >= 11 is 0. The number of urea groups is 1. The molecule has 0 aliphatic heterocycles. The van der Waals surface area contributed by atoms with Crippen LogP contribution in [0.5, 0.6) is 5.75 Å². The van der Waals surface area contributed by atoms with Crippen LogP contribution >= 0.6 is 0 Å². The van der Waals surface area contributed by atoms with E-state index in [2.05, 4.69) is 20.3 Å². The SMILES string of the molecule is COc1ccc(F)cc1NS(=O)(=O)c1ccc(NC(=O)NCc2cccnc2)cc1. The Hall–Kier alpha value is -3.66. The third-order valence-electron chi connectivity index (χ3n) is 4.00. The number of methoxy groups -OCH3 is 1. The molecule has 3 aromatic rings. The van der Waals surface area contributed by atoms with E-state index in [4.69, 9.17) is 4.74 Å². The van der Waals surface area contributed by atoms with Crippen molar-refractivity contribution in [1.82, 2.24) is 10.3 Å². The summed E-state index contributed by atoms with van der Waals surface area (Å²) in [6.07, 6.45) is 3.28. The van der Waals surface area contributed by atoms with E-state index in [1.54, 1.807) is 18.5 Å². The maximum atomic E-state index is 13.5. The molecule has 2 amide bonds. The second kappa shape index (κ2) is 9.23. The number of nitrogens with one attached hydrogen (secondary N) is 3. The van der Waals surface area contributed by atoms with Crippen LogP contribution in [0.15, 0.2) is 71.9 Å². The highest BCUT2D eigenvalue weighted by Gasteiger charge is 2.17. The van der Waals surface area contributed by atoms with Crippen LogP contribution < -0.4 is 20.1 Å². The molecule has 8 nitrogen and oxygen atoms in total. The summed E-state index contributed by atoms with van der Waals surface area (Å²) in [4.78, 5) is 15.9. The molecular weight excluding hydrogens is 411 g/mol. The molecule has 1 aromatic heterocycles. The second-order valence-electron chi connectivity index (χ2n) is 6.14. The minimum atomic E-state index is -3.99. The van der Waals surface area contributed by atoms with Crippen molar-refractivity contribution in [3.05, 3.63) is 78.4 Å². The smallest absolute Gasteiger partial charge is 0.319 e. The summed E-state index contributed by atoms with van der Waals surface area (Å²) in [5, 5.41) is 5.28. The molecule has 0 bridgehead atoms. The van der Waals surface area contributed by atoms with Gasteiger partial charge in [0.05, 0.1) is 17.7 Å². The van der Waals surface area contributed by atoms with Crippen LogP contribution in [0.1, 0.15) is 5.56 Å². The third-order valence-corrected chi connectivity index (χ3v) is 5.39. The number of aromatic nitrogens is 1. The summed E-state index contributed by atoms with van der Waals surface area (Å²) in [6.45, 7) is 0.297. The van der Waals surface area contributed by atoms with E-state index < -0.39 is 21.9 Å². The van der Waals surface area contributed by atoms with Gasteiger partial charge in [-0.05, 0) is 48.0 Å². The number of ether oxygens (including phenoxy) is 1. The minimum Gasteiger partial charge on any atom is -0.495 e. The van der Waals surface area contributed by atoms with Gasteiger partial charge in [0.25, 0.3) is 10.0 Å². The molecule has 1 heterocycles. The first-order valence-corrected chi connectivity index (χ1v) is 10.3. The molecule has 156 valence electrons. The Morgan fingerprint density at radius 3 is 2.57 bits per heavy atom. The molecule has 0 saturated heterocycles. The standard InChI is InChI=1S/C20H19FN4O4S/c1-29-19-9-4-15(21)11-18(19)25-30(27,28)17-7-5-16(6-8-17)24-20(26)23-13-14-3-2-10-22-12-14/h2-12,25H,13H2,1H3,(H2,23,24,26). The van der Waals surface area contributed by atoms with E-state index in [1.807, 2.05) is 6.07 Å². The van der Waals surface area contributed by atoms with Crippen LogP contribution in [-0.2, 0) is 16.6 Å². The number of benzene rings is 2. The van der Waals surface area contributed by atoms with Crippen molar-refractivity contribution in [3.63, 3.8) is 0 Å². The normalized spacial score (nSPS) is 10.9. The van der Waals surface area contributed by atoms with Crippen molar-refractivity contribution >= 4 is 27.4 Å². The highest BCUT2D eigenvalue weighted by molar-refractivity contribution is 7.92. The number of carbonyl (C=O) groups excluding carboxylic acids is 1. The molecule has 2 aromatic carbocycles. The van der Waals surface area contributed by atoms with Gasteiger partial charge in [-0.25, -0.2) is 17.6 Å². The van der Waals surface area contributed by atoms with Crippen LogP contribution in [-0.4, -0.2) is 26.5 Å². The molecule has 3 rings (SSSR count). The number of rotatable bonds is 7. The molecule has 0 aliphatic rings. The molecule has 0 unspecified atom stereocenters. The Balaban J connectivity index is 1.64. The lowest BCUT2D eigenvalue weighted by atomic mass is 10.3. The predicted octanol–water partition coefficient (Wildman–Crippen LogP) is 3.35. The fourth-order valence-electron chi connectivity index (χ4n) is 2.54. The van der Waals surface area contributed by atoms with Crippen molar-refractivity contribution < 1.29 is 22.3 Å². The van der Waals surface area contributed by atoms with Crippen LogP contribution in [0, 0.1) is 5.82 Å². The molecule has 0 aliphatic carbocycles. The van der Waals surface area contributed by atoms with E-state index in [-0.39, 0.29) is 16.3 Å². The molecule has 0 radical (unpaired) electrons. The van der Waals surface area contributed by atoms with Gasteiger partial charge in [-0.3, -0.25) is 9.71 Å². The number of pyridine rings is 1. The van der Waals surface area contributed by atoms with Crippen molar-refractivity contribution in [2.24, 2.45) is 0 Å². The lowest BCUT2D eigenvalue weighted by Crippen LogP contribution is -2.28. The number of amides is 2. The summed E-state index contributed by atoms with van der Waals surface area (Å²) < 4.78 is 46.0. The lowest BCUT2D eigenvalue weighted by molar-refractivity contribution is 0.251. The van der Waals surface area contributed by atoms with E-state index in [1.165, 1.54) is 37.4 Å². The fourth-order valence-corrected chi connectivity index (χ4v) is 3.60. The molecular formula is C20H19FN4O4S. The molecule has 0 atom stereocenters. The van der Waals surface area contributed by atoms with E-state index in [0.29, 0.717) is 12.2 Å². The molecule has 30 heavy (non-hydrogen) atoms. The minimum absolute atomic E-state index is 0.0190. The van der Waals surface area contributed by atoms with Crippen LogP contribution in [0.2, 0.25) is 0 Å². The largest absolute Gasteiger partial charge is 0.495 e. The van der Waals surface area contributed by atoms with Crippen molar-refractivity contribution in [2.45, 2.75) is 11.4 Å². The Labute approximate surface area is 173 Å². The molecule has 10 heteroatoms. The Kier molecular flexibility index (Phi) is 6.48. The topological polar surface area (TPSA) is 109 Å². The molecule has 0 spiro atoms. The lowest BCUT2D eigenvalue weighted by Gasteiger charge is -2.12. The number of nitrogens with zero attached hydrogens (tertiary/aromatic N) is 1. The number of halogens is 1. The van der Waals surface area contributed by atoms with Gasteiger partial charge in [0.2, 0.25) is 0 Å². The summed E-state index contributed by atoms with van der Waals surface area (Å²) in [5.41, 5.74) is 1.23. The van der Waals surface area contributed by atoms with E-state index in [9.17, 15) is 17.6 Å². The summed E-state index contributed by atoms with van der Waals surface area (Å²) in [5.74, 6) is -0.422. The van der Waals surface area contributed by atoms with Crippen LogP contribution in [0.25, 0.3) is 0 Å². The van der Waals surface area contributed by atoms with Gasteiger partial charge in [-0.15, -0.1) is 0 Å². The first-order valence-electron chi connectivity index (χ1n) is 8.77. The first kappa shape index (κ1) is 21.1. The molecule has 0 fully saturated rings. The zero-order chi connectivity index (χ0) is 21.6. The predicted molar refractivity (Wildman–Crippen MR) is 110 cm³/mol. The second-order valence-corrected chi connectivity index (χ2v) is 7.83. The molecule has 3 N–H and O–H groups in total. The third kappa shape index (κ3) is 5.45. The van der Waals surface area contributed by atoms with E-state index >= 15 is 0 Å². The monoisotopic (exact) mass is 430 g/mol. The summed E-state index contributed by atoms with van der Waals surface area (Å²) in [7, 11) is -2.63. The van der Waals surface area contributed by atoms with Crippen molar-refractivity contribution in [2.75, 3.05) is 17.1 Å². The zero-order valence-corrected chi connectivity index (χ0v) is 16.7. The van der Waals surface area contributed by atoms with Crippen molar-refractivity contribution in [1.29, 1.82) is 0 Å². The average molecular weight is 430 g/mol. The quantitative estimate of drug-likeness (QED) is 0.533. The number of hydrogen-bond donors (Lipinski definition) is 3. The van der Waals surface area contributed by atoms with Gasteiger partial charge in [0, 0.05) is 30.7 Å². The Morgan fingerprint density at radius 1 is 1.13 bits per heavy atom. The Morgan fingerprint density at radius 2 is 1.90 bits per heavy atom. The maximum Gasteiger partial charge on any atom is 0.319 e. The van der Waals surface area contributed by atoms with Crippen molar-refractivity contribution in [3.8, 4) is 5.75 Å². The zero-order valence-electron chi connectivity index (χ0n) is 15.9. The maximum absolute atomic E-state index is 13.5. The summed E-state index contributed by atoms with van der Waals surface area (Å²) in [6, 6.07) is 12.2. The van der Waals surface area contributed by atoms with Gasteiger partial charge in [0.1, 0.15) is 11.6 Å². The van der Waals surface area contributed by atoms with Gasteiger partial charge in [0.15, 0.2) is 0 Å². The van der Waals surface area contributed by atoms with E-state index in [0.717, 1.165) is 17.7 Å². The highest BCUT2D eigenvalue weighted by Crippen LogP contribution is 2.27. The first-order chi connectivity index (χ1) is 14.4. The average Bonchev–Trinajstić information content (AvgIpc) is 2.73.